The molecule has 0 radical (unpaired) electrons. The van der Waals surface area contributed by atoms with Gasteiger partial charge in [-0.3, -0.25) is 0 Å². The average Bonchev–Trinajstić information content (AvgIpc) is 2.20. The van der Waals surface area contributed by atoms with Crippen LogP contribution >= 0.6 is 0 Å². The summed E-state index contributed by atoms with van der Waals surface area (Å²) in [7, 11) is 2.74. The van der Waals surface area contributed by atoms with Crippen molar-refractivity contribution in [3.63, 3.8) is 0 Å². The summed E-state index contributed by atoms with van der Waals surface area (Å²) in [5, 5.41) is 0. The summed E-state index contributed by atoms with van der Waals surface area (Å²) in [4.78, 5) is 11.1. The van der Waals surface area contributed by atoms with E-state index < -0.39 is 11.8 Å². The van der Waals surface area contributed by atoms with Crippen LogP contribution in [-0.4, -0.2) is 20.2 Å². The largest absolute Gasteiger partial charge is 0.465 e. The highest BCUT2D eigenvalue weighted by Crippen LogP contribution is 2.12. The molecule has 0 aliphatic heterocycles. The molecule has 14 heavy (non-hydrogen) atoms. The molecule has 76 valence electrons. The maximum absolute atomic E-state index is 13.1. The van der Waals surface area contributed by atoms with Crippen molar-refractivity contribution in [2.45, 2.75) is 6.61 Å². The molecule has 0 aliphatic carbocycles. The number of esters is 1. The Balaban J connectivity index is 3.01. The van der Waals surface area contributed by atoms with E-state index in [2.05, 4.69) is 4.74 Å². The molecule has 4 heteroatoms. The fourth-order valence-corrected chi connectivity index (χ4v) is 1.10. The molecule has 0 fully saturated rings. The molecule has 1 rings (SSSR count). The van der Waals surface area contributed by atoms with Crippen molar-refractivity contribution in [2.75, 3.05) is 14.2 Å². The van der Waals surface area contributed by atoms with Gasteiger partial charge < -0.3 is 9.47 Å². The standard InChI is InChI=1S/C10H11FO3/c1-13-6-7-3-4-9(11)8(5-7)10(12)14-2/h3-5H,6H2,1-2H3. The lowest BCUT2D eigenvalue weighted by Gasteiger charge is -2.04. The molecule has 0 saturated carbocycles. The summed E-state index contributed by atoms with van der Waals surface area (Å²) in [6, 6.07) is 4.20. The molecule has 0 spiro atoms. The predicted octanol–water partition coefficient (Wildman–Crippen LogP) is 1.76. The molecule has 0 saturated heterocycles. The minimum absolute atomic E-state index is 0.0675. The average molecular weight is 198 g/mol. The Morgan fingerprint density at radius 3 is 2.71 bits per heavy atom. The molecule has 3 nitrogen and oxygen atoms in total. The van der Waals surface area contributed by atoms with Crippen LogP contribution in [0.2, 0.25) is 0 Å². The van der Waals surface area contributed by atoms with Gasteiger partial charge >= 0.3 is 5.97 Å². The number of hydrogen-bond donors (Lipinski definition) is 0. The zero-order chi connectivity index (χ0) is 10.6. The SMILES string of the molecule is COCc1ccc(F)c(C(=O)OC)c1. The summed E-state index contributed by atoms with van der Waals surface area (Å²) in [6.07, 6.45) is 0. The molecule has 0 atom stereocenters. The number of hydrogen-bond acceptors (Lipinski definition) is 3. The van der Waals surface area contributed by atoms with Gasteiger partial charge in [0.25, 0.3) is 0 Å². The van der Waals surface area contributed by atoms with Crippen LogP contribution < -0.4 is 0 Å². The van der Waals surface area contributed by atoms with Crippen molar-refractivity contribution in [1.82, 2.24) is 0 Å². The Bertz CT molecular complexity index is 336. The van der Waals surface area contributed by atoms with Gasteiger partial charge in [-0.2, -0.15) is 0 Å². The van der Waals surface area contributed by atoms with E-state index in [0.29, 0.717) is 6.61 Å². The van der Waals surface area contributed by atoms with E-state index in [1.807, 2.05) is 0 Å². The van der Waals surface area contributed by atoms with E-state index in [9.17, 15) is 9.18 Å². The molecule has 1 aromatic carbocycles. The minimum Gasteiger partial charge on any atom is -0.465 e. The van der Waals surface area contributed by atoms with Gasteiger partial charge in [0.05, 0.1) is 19.3 Å². The van der Waals surface area contributed by atoms with Gasteiger partial charge in [-0.15, -0.1) is 0 Å². The first-order valence-electron chi connectivity index (χ1n) is 4.04. The molecule has 0 heterocycles. The first kappa shape index (κ1) is 10.7. The number of rotatable bonds is 3. The van der Waals surface area contributed by atoms with Crippen LogP contribution in [0.5, 0.6) is 0 Å². The Hall–Kier alpha value is -1.42. The van der Waals surface area contributed by atoms with Gasteiger partial charge in [-0.1, -0.05) is 6.07 Å². The number of carbonyl (C=O) groups is 1. The third-order valence-corrected chi connectivity index (χ3v) is 1.75. The lowest BCUT2D eigenvalue weighted by atomic mass is 10.1. The third-order valence-electron chi connectivity index (χ3n) is 1.75. The maximum atomic E-state index is 13.1. The zero-order valence-electron chi connectivity index (χ0n) is 8.04. The van der Waals surface area contributed by atoms with Crippen molar-refractivity contribution in [3.05, 3.63) is 35.1 Å². The Kier molecular flexibility index (Phi) is 3.59. The van der Waals surface area contributed by atoms with Crippen LogP contribution in [-0.2, 0) is 16.1 Å². The van der Waals surface area contributed by atoms with Crippen molar-refractivity contribution in [1.29, 1.82) is 0 Å². The van der Waals surface area contributed by atoms with Crippen LogP contribution in [0.25, 0.3) is 0 Å². The molecular formula is C10H11FO3. The number of benzene rings is 1. The van der Waals surface area contributed by atoms with Crippen LogP contribution in [0.3, 0.4) is 0 Å². The summed E-state index contributed by atoms with van der Waals surface area (Å²) in [5.41, 5.74) is 0.663. The van der Waals surface area contributed by atoms with E-state index in [1.54, 1.807) is 6.07 Å². The minimum atomic E-state index is -0.680. The van der Waals surface area contributed by atoms with Gasteiger partial charge in [0, 0.05) is 7.11 Å². The van der Waals surface area contributed by atoms with Gasteiger partial charge in [-0.05, 0) is 17.7 Å². The van der Waals surface area contributed by atoms with E-state index in [1.165, 1.54) is 26.4 Å². The summed E-state index contributed by atoms with van der Waals surface area (Å²) >= 11 is 0. The van der Waals surface area contributed by atoms with E-state index >= 15 is 0 Å². The van der Waals surface area contributed by atoms with E-state index in [-0.39, 0.29) is 5.56 Å². The lowest BCUT2D eigenvalue weighted by Crippen LogP contribution is -2.05. The van der Waals surface area contributed by atoms with Crippen LogP contribution in [0.1, 0.15) is 15.9 Å². The molecule has 0 aromatic heterocycles. The smallest absolute Gasteiger partial charge is 0.340 e. The third kappa shape index (κ3) is 2.29. The van der Waals surface area contributed by atoms with Gasteiger partial charge in [0.2, 0.25) is 0 Å². The van der Waals surface area contributed by atoms with Gasteiger partial charge in [0.15, 0.2) is 0 Å². The van der Waals surface area contributed by atoms with E-state index in [0.717, 1.165) is 5.56 Å². The van der Waals surface area contributed by atoms with Crippen molar-refractivity contribution < 1.29 is 18.7 Å². The van der Waals surface area contributed by atoms with Crippen LogP contribution in [0.15, 0.2) is 18.2 Å². The fraction of sp³-hybridized carbons (Fsp3) is 0.300. The summed E-state index contributed by atoms with van der Waals surface area (Å²) < 4.78 is 22.4. The highest BCUT2D eigenvalue weighted by Gasteiger charge is 2.12. The maximum Gasteiger partial charge on any atom is 0.340 e. The lowest BCUT2D eigenvalue weighted by molar-refractivity contribution is 0.0595. The Labute approximate surface area is 81.4 Å². The molecule has 1 aromatic rings. The summed E-state index contributed by atoms with van der Waals surface area (Å²) in [6.45, 7) is 0.338. The molecule has 0 amide bonds. The normalized spacial score (nSPS) is 9.93. The summed E-state index contributed by atoms with van der Waals surface area (Å²) in [5.74, 6) is -1.27. The molecule has 0 aliphatic rings. The number of carbonyl (C=O) groups excluding carboxylic acids is 1. The first-order chi connectivity index (χ1) is 6.69. The molecule has 0 N–H and O–H groups in total. The van der Waals surface area contributed by atoms with Crippen molar-refractivity contribution >= 4 is 5.97 Å². The van der Waals surface area contributed by atoms with Crippen LogP contribution in [0, 0.1) is 5.82 Å². The second kappa shape index (κ2) is 4.72. The second-order valence-electron chi connectivity index (χ2n) is 2.74. The van der Waals surface area contributed by atoms with Crippen molar-refractivity contribution in [3.8, 4) is 0 Å². The Morgan fingerprint density at radius 1 is 1.43 bits per heavy atom. The molecular weight excluding hydrogens is 187 g/mol. The highest BCUT2D eigenvalue weighted by molar-refractivity contribution is 5.89. The Morgan fingerprint density at radius 2 is 2.14 bits per heavy atom. The predicted molar refractivity (Wildman–Crippen MR) is 48.5 cm³/mol. The van der Waals surface area contributed by atoms with Gasteiger partial charge in [0.1, 0.15) is 5.82 Å². The van der Waals surface area contributed by atoms with Crippen LogP contribution in [0.4, 0.5) is 4.39 Å². The topological polar surface area (TPSA) is 35.5 Å². The van der Waals surface area contributed by atoms with E-state index in [4.69, 9.17) is 4.74 Å². The molecule has 0 bridgehead atoms. The zero-order valence-corrected chi connectivity index (χ0v) is 8.04. The number of halogens is 1. The highest BCUT2D eigenvalue weighted by atomic mass is 19.1. The van der Waals surface area contributed by atoms with Gasteiger partial charge in [-0.25, -0.2) is 9.18 Å². The quantitative estimate of drug-likeness (QED) is 0.694. The van der Waals surface area contributed by atoms with Crippen molar-refractivity contribution in [2.24, 2.45) is 0 Å². The molecule has 0 unspecified atom stereocenters. The monoisotopic (exact) mass is 198 g/mol. The number of ether oxygens (including phenoxy) is 2. The first-order valence-corrected chi connectivity index (χ1v) is 4.04. The number of methoxy groups -OCH3 is 2. The second-order valence-corrected chi connectivity index (χ2v) is 2.74. The fourth-order valence-electron chi connectivity index (χ4n) is 1.10.